The van der Waals surface area contributed by atoms with E-state index in [1.807, 2.05) is 92.3 Å². The summed E-state index contributed by atoms with van der Waals surface area (Å²) < 4.78 is 8.23. The molecular weight excluding hydrogens is 450 g/mol. The van der Waals surface area contributed by atoms with Crippen molar-refractivity contribution < 1.29 is 9.53 Å². The van der Waals surface area contributed by atoms with E-state index in [0.29, 0.717) is 9.23 Å². The summed E-state index contributed by atoms with van der Waals surface area (Å²) in [6, 6.07) is 17.9. The van der Waals surface area contributed by atoms with Crippen LogP contribution in [0.15, 0.2) is 65.7 Å². The van der Waals surface area contributed by atoms with E-state index in [9.17, 15) is 4.79 Å². The predicted molar refractivity (Wildman–Crippen MR) is 140 cm³/mol. The molecule has 5 nitrogen and oxygen atoms in total. The van der Waals surface area contributed by atoms with Gasteiger partial charge in [-0.05, 0) is 69.7 Å². The highest BCUT2D eigenvalue weighted by molar-refractivity contribution is 8.26. The van der Waals surface area contributed by atoms with Crippen LogP contribution in [-0.2, 0) is 4.79 Å². The Morgan fingerprint density at radius 2 is 1.79 bits per heavy atom. The van der Waals surface area contributed by atoms with Gasteiger partial charge in [0.1, 0.15) is 10.1 Å². The highest BCUT2D eigenvalue weighted by atomic mass is 32.2. The van der Waals surface area contributed by atoms with E-state index in [1.54, 1.807) is 4.90 Å². The van der Waals surface area contributed by atoms with Gasteiger partial charge in [0.2, 0.25) is 0 Å². The van der Waals surface area contributed by atoms with E-state index < -0.39 is 0 Å². The third-order valence-corrected chi connectivity index (χ3v) is 6.73. The first kappa shape index (κ1) is 23.3. The minimum Gasteiger partial charge on any atom is -0.491 e. The number of nitrogens with zero attached hydrogens (tertiary/aromatic N) is 3. The lowest BCUT2D eigenvalue weighted by atomic mass is 10.1. The van der Waals surface area contributed by atoms with E-state index in [4.69, 9.17) is 22.1 Å². The van der Waals surface area contributed by atoms with Gasteiger partial charge in [-0.2, -0.15) is 5.10 Å². The first-order chi connectivity index (χ1) is 15.9. The zero-order valence-corrected chi connectivity index (χ0v) is 20.8. The third kappa shape index (κ3) is 5.04. The number of thioether (sulfide) groups is 1. The molecule has 2 heterocycles. The van der Waals surface area contributed by atoms with Crippen molar-refractivity contribution in [1.82, 2.24) is 14.7 Å². The average molecular weight is 478 g/mol. The van der Waals surface area contributed by atoms with Crippen LogP contribution in [0.3, 0.4) is 0 Å². The normalized spacial score (nSPS) is 16.2. The Kier molecular flexibility index (Phi) is 7.00. The second-order valence-corrected chi connectivity index (χ2v) is 9.89. The number of para-hydroxylation sites is 1. The molecule has 3 aromatic rings. The van der Waals surface area contributed by atoms with Gasteiger partial charge >= 0.3 is 0 Å². The molecule has 1 amide bonds. The molecule has 0 N–H and O–H groups in total. The number of carbonyl (C=O) groups is 1. The third-order valence-electron chi connectivity index (χ3n) is 5.40. The summed E-state index contributed by atoms with van der Waals surface area (Å²) in [5.74, 6) is 0.769. The SMILES string of the molecule is CCC(C)N1C(=O)/C(=C/c2cn(-c3ccccc3)nc2-c2ccc(OC(C)C)cc2)SC1=S. The maximum absolute atomic E-state index is 13.1. The highest BCUT2D eigenvalue weighted by Gasteiger charge is 2.35. The summed E-state index contributed by atoms with van der Waals surface area (Å²) in [4.78, 5) is 15.4. The van der Waals surface area contributed by atoms with Crippen molar-refractivity contribution in [2.75, 3.05) is 0 Å². The van der Waals surface area contributed by atoms with Crippen molar-refractivity contribution in [2.24, 2.45) is 0 Å². The van der Waals surface area contributed by atoms with Gasteiger partial charge in [0.05, 0.1) is 22.4 Å². The lowest BCUT2D eigenvalue weighted by Gasteiger charge is -2.21. The quantitative estimate of drug-likeness (QED) is 0.294. The van der Waals surface area contributed by atoms with E-state index >= 15 is 0 Å². The van der Waals surface area contributed by atoms with Crippen molar-refractivity contribution in [3.63, 3.8) is 0 Å². The fourth-order valence-corrected chi connectivity index (χ4v) is 5.03. The first-order valence-corrected chi connectivity index (χ1v) is 12.3. The van der Waals surface area contributed by atoms with Crippen molar-refractivity contribution in [3.8, 4) is 22.7 Å². The molecule has 0 aliphatic carbocycles. The largest absolute Gasteiger partial charge is 0.491 e. The van der Waals surface area contributed by atoms with Crippen LogP contribution in [0.5, 0.6) is 5.75 Å². The smallest absolute Gasteiger partial charge is 0.266 e. The molecule has 0 saturated carbocycles. The molecule has 170 valence electrons. The zero-order valence-electron chi connectivity index (χ0n) is 19.2. The number of amides is 1. The summed E-state index contributed by atoms with van der Waals surface area (Å²) >= 11 is 6.85. The standard InChI is InChI=1S/C26H27N3O2S2/c1-5-18(4)29-25(30)23(33-26(29)32)15-20-16-28(21-9-7-6-8-10-21)27-24(20)19-11-13-22(14-12-19)31-17(2)3/h6-18H,5H2,1-4H3/b23-15-. The molecule has 0 radical (unpaired) electrons. The fraction of sp³-hybridized carbons (Fsp3) is 0.269. The van der Waals surface area contributed by atoms with Crippen LogP contribution in [0.1, 0.15) is 39.7 Å². The summed E-state index contributed by atoms with van der Waals surface area (Å²) in [5, 5.41) is 4.86. The lowest BCUT2D eigenvalue weighted by molar-refractivity contribution is -0.123. The average Bonchev–Trinajstić information content (AvgIpc) is 3.35. The molecule has 0 bridgehead atoms. The van der Waals surface area contributed by atoms with Crippen LogP contribution in [-0.4, -0.2) is 37.1 Å². The number of hydrogen-bond donors (Lipinski definition) is 0. The number of carbonyl (C=O) groups excluding carboxylic acids is 1. The Labute approximate surface area is 204 Å². The van der Waals surface area contributed by atoms with Crippen LogP contribution >= 0.6 is 24.0 Å². The van der Waals surface area contributed by atoms with Crippen LogP contribution in [0.25, 0.3) is 23.0 Å². The van der Waals surface area contributed by atoms with E-state index in [-0.39, 0.29) is 18.1 Å². The van der Waals surface area contributed by atoms with Gasteiger partial charge < -0.3 is 4.74 Å². The Balaban J connectivity index is 1.76. The summed E-state index contributed by atoms with van der Waals surface area (Å²) in [6.07, 6.45) is 4.82. The summed E-state index contributed by atoms with van der Waals surface area (Å²) in [5.41, 5.74) is 3.56. The molecule has 4 rings (SSSR count). The second-order valence-electron chi connectivity index (χ2n) is 8.21. The maximum atomic E-state index is 13.1. The van der Waals surface area contributed by atoms with Crippen molar-refractivity contribution in [3.05, 3.63) is 71.3 Å². The van der Waals surface area contributed by atoms with Gasteiger partial charge in [-0.25, -0.2) is 4.68 Å². The molecule has 1 atom stereocenters. The van der Waals surface area contributed by atoms with Crippen molar-refractivity contribution in [2.45, 2.75) is 46.3 Å². The number of thiocarbonyl (C=S) groups is 1. The Bertz CT molecular complexity index is 1180. The van der Waals surface area contributed by atoms with Crippen LogP contribution in [0.2, 0.25) is 0 Å². The maximum Gasteiger partial charge on any atom is 0.266 e. The monoisotopic (exact) mass is 477 g/mol. The zero-order chi connectivity index (χ0) is 23.5. The van der Waals surface area contributed by atoms with E-state index in [0.717, 1.165) is 34.7 Å². The number of aromatic nitrogens is 2. The van der Waals surface area contributed by atoms with E-state index in [1.165, 1.54) is 11.8 Å². The van der Waals surface area contributed by atoms with Gasteiger partial charge in [-0.1, -0.05) is 49.1 Å². The van der Waals surface area contributed by atoms with Crippen molar-refractivity contribution >= 4 is 40.3 Å². The van der Waals surface area contributed by atoms with Gasteiger partial charge in [0.15, 0.2) is 0 Å². The van der Waals surface area contributed by atoms with Gasteiger partial charge in [0.25, 0.3) is 5.91 Å². The Morgan fingerprint density at radius 1 is 1.09 bits per heavy atom. The Morgan fingerprint density at radius 3 is 2.42 bits per heavy atom. The number of rotatable bonds is 7. The van der Waals surface area contributed by atoms with Crippen LogP contribution in [0.4, 0.5) is 0 Å². The number of ether oxygens (including phenoxy) is 1. The molecule has 1 saturated heterocycles. The predicted octanol–water partition coefficient (Wildman–Crippen LogP) is 6.33. The van der Waals surface area contributed by atoms with Gasteiger partial charge in [-0.3, -0.25) is 9.69 Å². The molecule has 33 heavy (non-hydrogen) atoms. The van der Waals surface area contributed by atoms with Crippen LogP contribution < -0.4 is 4.74 Å². The second kappa shape index (κ2) is 9.93. The van der Waals surface area contributed by atoms with Crippen molar-refractivity contribution in [1.29, 1.82) is 0 Å². The highest BCUT2D eigenvalue weighted by Crippen LogP contribution is 2.36. The minimum absolute atomic E-state index is 0.0431. The molecule has 7 heteroatoms. The molecule has 1 aliphatic heterocycles. The number of hydrogen-bond acceptors (Lipinski definition) is 5. The summed E-state index contributed by atoms with van der Waals surface area (Å²) in [6.45, 7) is 8.08. The molecule has 2 aromatic carbocycles. The molecule has 1 aliphatic rings. The fourth-order valence-electron chi connectivity index (χ4n) is 3.58. The minimum atomic E-state index is -0.0431. The van der Waals surface area contributed by atoms with Gasteiger partial charge in [0, 0.05) is 23.4 Å². The summed E-state index contributed by atoms with van der Waals surface area (Å²) in [7, 11) is 0. The van der Waals surface area contributed by atoms with Gasteiger partial charge in [-0.15, -0.1) is 0 Å². The van der Waals surface area contributed by atoms with Crippen LogP contribution in [0, 0.1) is 0 Å². The van der Waals surface area contributed by atoms with E-state index in [2.05, 4.69) is 6.92 Å². The number of benzene rings is 2. The molecule has 1 unspecified atom stereocenters. The Hall–Kier alpha value is -2.90. The molecular formula is C26H27N3O2S2. The first-order valence-electron chi connectivity index (χ1n) is 11.1. The molecule has 0 spiro atoms. The molecule has 1 aromatic heterocycles. The topological polar surface area (TPSA) is 47.4 Å². The molecule has 1 fully saturated rings. The lowest BCUT2D eigenvalue weighted by Crippen LogP contribution is -2.36.